The minimum absolute atomic E-state index is 0.108. The van der Waals surface area contributed by atoms with Crippen LogP contribution in [0, 0.1) is 0 Å². The van der Waals surface area contributed by atoms with Gasteiger partial charge in [-0.25, -0.2) is 0 Å². The molecule has 0 bridgehead atoms. The maximum Gasteiger partial charge on any atom is 0.306 e. The van der Waals surface area contributed by atoms with Crippen molar-refractivity contribution in [2.24, 2.45) is 0 Å². The maximum absolute atomic E-state index is 12.9. The molecule has 466 valence electrons. The zero-order chi connectivity index (χ0) is 59.9. The summed E-state index contributed by atoms with van der Waals surface area (Å²) < 4.78 is 16.9. The van der Waals surface area contributed by atoms with Crippen LogP contribution in [-0.2, 0) is 28.6 Å². The number of allylic oxidation sites excluding steroid dienone is 28. The number of ether oxygens (including phenoxy) is 3. The summed E-state index contributed by atoms with van der Waals surface area (Å²) >= 11 is 0. The van der Waals surface area contributed by atoms with E-state index >= 15 is 0 Å². The highest BCUT2D eigenvalue weighted by Gasteiger charge is 2.19. The standard InChI is InChI=1S/C77H122O6/c1-4-7-10-13-16-19-22-25-28-31-33-35-36-37-38-39-40-42-43-46-49-52-55-58-61-64-67-70-76(79)82-73-74(72-81-75(78)69-66-63-60-57-54-51-48-45-30-27-24-21-18-15-12-9-6-3)83-77(80)71-68-65-62-59-56-53-50-47-44-41-34-32-29-26-23-20-17-14-11-8-5-2/h7-12,16-21,25-30,33-35,37-38,41,47,50,56,59,74H,4-6,13-15,22-24,31-32,36,39-40,42-46,48-49,51-55,57-58,60-73H2,1-3H3/b10-7-,11-8-,12-9-,19-16-,20-17-,21-18-,28-25-,29-26-,30-27-,35-33-,38-37-,41-34-,50-47-,59-56-. The van der Waals surface area contributed by atoms with Crippen molar-refractivity contribution in [3.63, 3.8) is 0 Å². The van der Waals surface area contributed by atoms with Crippen LogP contribution in [-0.4, -0.2) is 37.2 Å². The largest absolute Gasteiger partial charge is 0.462 e. The molecule has 0 aromatic rings. The molecule has 0 amide bonds. The lowest BCUT2D eigenvalue weighted by atomic mass is 10.0. The molecule has 0 aromatic heterocycles. The Morgan fingerprint density at radius 2 is 0.434 bits per heavy atom. The Morgan fingerprint density at radius 3 is 0.699 bits per heavy atom. The van der Waals surface area contributed by atoms with Crippen molar-refractivity contribution in [2.75, 3.05) is 13.2 Å². The van der Waals surface area contributed by atoms with Crippen molar-refractivity contribution in [3.8, 4) is 0 Å². The van der Waals surface area contributed by atoms with E-state index < -0.39 is 6.10 Å². The van der Waals surface area contributed by atoms with Crippen LogP contribution in [0.2, 0.25) is 0 Å². The molecule has 83 heavy (non-hydrogen) atoms. The van der Waals surface area contributed by atoms with Gasteiger partial charge in [-0.3, -0.25) is 14.4 Å². The Hall–Kier alpha value is -5.23. The van der Waals surface area contributed by atoms with E-state index in [9.17, 15) is 14.4 Å². The third-order valence-corrected chi connectivity index (χ3v) is 13.7. The zero-order valence-electron chi connectivity index (χ0n) is 53.4. The van der Waals surface area contributed by atoms with E-state index in [4.69, 9.17) is 14.2 Å². The molecular weight excluding hydrogens is 1020 g/mol. The van der Waals surface area contributed by atoms with Crippen LogP contribution < -0.4 is 0 Å². The van der Waals surface area contributed by atoms with E-state index in [1.165, 1.54) is 83.5 Å². The first kappa shape index (κ1) is 77.8. The minimum Gasteiger partial charge on any atom is -0.462 e. The van der Waals surface area contributed by atoms with Gasteiger partial charge < -0.3 is 14.2 Å². The number of hydrogen-bond acceptors (Lipinski definition) is 6. The fourth-order valence-corrected chi connectivity index (χ4v) is 8.78. The maximum atomic E-state index is 12.9. The highest BCUT2D eigenvalue weighted by atomic mass is 16.6. The Morgan fingerprint density at radius 1 is 0.241 bits per heavy atom. The SMILES string of the molecule is CC/C=C\C/C=C\C/C=C\C/C=C\C/C=C\C/C=C\CCCCC(=O)OC(COC(=O)CCCCCCCCC/C=C\C/C=C\C/C=C\CC)COC(=O)CCCCCCCCCCCCC/C=C\C/C=C\C/C=C\C/C=C\C/C=C\CC. The monoisotopic (exact) mass is 1140 g/mol. The predicted molar refractivity (Wildman–Crippen MR) is 361 cm³/mol. The molecule has 0 spiro atoms. The van der Waals surface area contributed by atoms with E-state index in [0.29, 0.717) is 19.3 Å². The second kappa shape index (κ2) is 69.3. The molecule has 0 radical (unpaired) electrons. The molecule has 6 heteroatoms. The summed E-state index contributed by atoms with van der Waals surface area (Å²) in [6.07, 6.45) is 102. The van der Waals surface area contributed by atoms with Crippen molar-refractivity contribution < 1.29 is 28.6 Å². The quantitative estimate of drug-likeness (QED) is 0.0261. The van der Waals surface area contributed by atoms with Gasteiger partial charge >= 0.3 is 17.9 Å². The second-order valence-electron chi connectivity index (χ2n) is 21.6. The van der Waals surface area contributed by atoms with E-state index in [2.05, 4.69) is 191 Å². The molecular formula is C77H122O6. The van der Waals surface area contributed by atoms with Crippen LogP contribution in [0.1, 0.15) is 278 Å². The lowest BCUT2D eigenvalue weighted by molar-refractivity contribution is -0.167. The predicted octanol–water partition coefficient (Wildman–Crippen LogP) is 23.4. The molecule has 6 nitrogen and oxygen atoms in total. The summed E-state index contributed by atoms with van der Waals surface area (Å²) in [5, 5.41) is 0. The van der Waals surface area contributed by atoms with E-state index in [1.807, 2.05) is 0 Å². The Balaban J connectivity index is 4.46. The van der Waals surface area contributed by atoms with Gasteiger partial charge in [-0.05, 0) is 148 Å². The van der Waals surface area contributed by atoms with Crippen LogP contribution in [0.15, 0.2) is 170 Å². The minimum atomic E-state index is -0.818. The molecule has 0 saturated carbocycles. The van der Waals surface area contributed by atoms with Gasteiger partial charge in [0.05, 0.1) is 0 Å². The lowest BCUT2D eigenvalue weighted by Gasteiger charge is -2.18. The van der Waals surface area contributed by atoms with Crippen molar-refractivity contribution >= 4 is 17.9 Å². The molecule has 1 atom stereocenters. The first-order valence-corrected chi connectivity index (χ1v) is 33.6. The van der Waals surface area contributed by atoms with Crippen molar-refractivity contribution in [3.05, 3.63) is 170 Å². The molecule has 0 aliphatic carbocycles. The summed E-state index contributed by atoms with van der Waals surface area (Å²) in [6, 6.07) is 0. The third kappa shape index (κ3) is 67.4. The molecule has 0 aliphatic heterocycles. The lowest BCUT2D eigenvalue weighted by Crippen LogP contribution is -2.30. The summed E-state index contributed by atoms with van der Waals surface area (Å²) in [5.74, 6) is -0.965. The van der Waals surface area contributed by atoms with E-state index in [1.54, 1.807) is 0 Å². The number of esters is 3. The highest BCUT2D eigenvalue weighted by molar-refractivity contribution is 5.71. The molecule has 0 saturated heterocycles. The number of rotatable bonds is 59. The third-order valence-electron chi connectivity index (χ3n) is 13.7. The van der Waals surface area contributed by atoms with Crippen LogP contribution in [0.3, 0.4) is 0 Å². The van der Waals surface area contributed by atoms with Gasteiger partial charge in [0, 0.05) is 19.3 Å². The molecule has 0 N–H and O–H groups in total. The Kier molecular flexibility index (Phi) is 64.9. The summed E-state index contributed by atoms with van der Waals surface area (Å²) in [5.41, 5.74) is 0. The van der Waals surface area contributed by atoms with Gasteiger partial charge in [-0.15, -0.1) is 0 Å². The fourth-order valence-electron chi connectivity index (χ4n) is 8.78. The van der Waals surface area contributed by atoms with Crippen molar-refractivity contribution in [1.82, 2.24) is 0 Å². The van der Waals surface area contributed by atoms with Gasteiger partial charge in [-0.1, -0.05) is 281 Å². The molecule has 0 aromatic carbocycles. The summed E-state index contributed by atoms with van der Waals surface area (Å²) in [7, 11) is 0. The van der Waals surface area contributed by atoms with Gasteiger partial charge in [0.2, 0.25) is 0 Å². The first-order chi connectivity index (χ1) is 41.0. The average molecular weight is 1140 g/mol. The molecule has 0 fully saturated rings. The van der Waals surface area contributed by atoms with Crippen LogP contribution >= 0.6 is 0 Å². The normalized spacial score (nSPS) is 13.2. The Labute approximate surface area is 511 Å². The molecule has 0 heterocycles. The van der Waals surface area contributed by atoms with Gasteiger partial charge in [-0.2, -0.15) is 0 Å². The van der Waals surface area contributed by atoms with Crippen LogP contribution in [0.5, 0.6) is 0 Å². The highest BCUT2D eigenvalue weighted by Crippen LogP contribution is 2.15. The average Bonchev–Trinajstić information content (AvgIpc) is 3.50. The van der Waals surface area contributed by atoms with Gasteiger partial charge in [0.15, 0.2) is 6.10 Å². The first-order valence-electron chi connectivity index (χ1n) is 33.6. The number of hydrogen-bond donors (Lipinski definition) is 0. The molecule has 1 unspecified atom stereocenters. The topological polar surface area (TPSA) is 78.9 Å². The number of carbonyl (C=O) groups is 3. The van der Waals surface area contributed by atoms with Crippen molar-refractivity contribution in [1.29, 1.82) is 0 Å². The van der Waals surface area contributed by atoms with E-state index in [-0.39, 0.29) is 37.5 Å². The second-order valence-corrected chi connectivity index (χ2v) is 21.6. The fraction of sp³-hybridized carbons (Fsp3) is 0.597. The van der Waals surface area contributed by atoms with Crippen molar-refractivity contribution in [2.45, 2.75) is 284 Å². The van der Waals surface area contributed by atoms with Crippen LogP contribution in [0.25, 0.3) is 0 Å². The van der Waals surface area contributed by atoms with Crippen LogP contribution in [0.4, 0.5) is 0 Å². The Bertz CT molecular complexity index is 1890. The summed E-state index contributed by atoms with van der Waals surface area (Å²) in [6.45, 7) is 6.26. The van der Waals surface area contributed by atoms with E-state index in [0.717, 1.165) is 148 Å². The smallest absolute Gasteiger partial charge is 0.306 e. The number of unbranched alkanes of at least 4 members (excludes halogenated alkanes) is 20. The zero-order valence-corrected chi connectivity index (χ0v) is 53.4. The molecule has 0 rings (SSSR count). The molecule has 0 aliphatic rings. The van der Waals surface area contributed by atoms with Gasteiger partial charge in [0.1, 0.15) is 13.2 Å². The summed E-state index contributed by atoms with van der Waals surface area (Å²) in [4.78, 5) is 38.4. The van der Waals surface area contributed by atoms with Gasteiger partial charge in [0.25, 0.3) is 0 Å². The number of carbonyl (C=O) groups excluding carboxylic acids is 3.